The minimum Gasteiger partial charge on any atom is -0.368 e. The van der Waals surface area contributed by atoms with Crippen molar-refractivity contribution < 1.29 is 9.59 Å². The number of aromatic nitrogens is 1. The molecule has 1 aromatic heterocycles. The van der Waals surface area contributed by atoms with Crippen LogP contribution in [0.2, 0.25) is 0 Å². The van der Waals surface area contributed by atoms with E-state index in [2.05, 4.69) is 22.3 Å². The van der Waals surface area contributed by atoms with Crippen LogP contribution in [0.5, 0.6) is 0 Å². The fourth-order valence-electron chi connectivity index (χ4n) is 3.71. The third-order valence-electron chi connectivity index (χ3n) is 5.39. The summed E-state index contributed by atoms with van der Waals surface area (Å²) < 4.78 is 1.95. The first-order valence-electron chi connectivity index (χ1n) is 10.3. The van der Waals surface area contributed by atoms with Gasteiger partial charge in [0, 0.05) is 68.5 Å². The van der Waals surface area contributed by atoms with Gasteiger partial charge in [0.2, 0.25) is 5.91 Å². The normalized spacial score (nSPS) is 13.9. The average molecular weight is 402 g/mol. The monoisotopic (exact) mass is 402 g/mol. The zero-order chi connectivity index (χ0) is 20.8. The van der Waals surface area contributed by atoms with Crippen LogP contribution in [-0.2, 0) is 4.79 Å². The third kappa shape index (κ3) is 4.71. The second-order valence-electron chi connectivity index (χ2n) is 7.35. The maximum atomic E-state index is 12.5. The minimum atomic E-state index is -0.161. The van der Waals surface area contributed by atoms with Gasteiger partial charge in [0.15, 0.2) is 0 Å². The van der Waals surface area contributed by atoms with Gasteiger partial charge < -0.3 is 19.7 Å². The van der Waals surface area contributed by atoms with E-state index in [0.717, 1.165) is 18.8 Å². The summed E-state index contributed by atoms with van der Waals surface area (Å²) >= 11 is 0. The molecule has 4 rings (SSSR count). The average Bonchev–Trinajstić information content (AvgIpc) is 3.35. The Balaban J connectivity index is 1.23. The molecule has 1 saturated heterocycles. The standard InChI is InChI=1S/C24H26N4O2/c29-23(28-17-15-27(16-18-28)21-8-2-1-3-9-21)11-12-25-24(30)20-7-6-10-22(19-20)26-13-4-5-14-26/h1-10,13-14,19H,11-12,15-18H2,(H,25,30). The van der Waals surface area contributed by atoms with Gasteiger partial charge in [-0.05, 0) is 42.5 Å². The van der Waals surface area contributed by atoms with E-state index in [-0.39, 0.29) is 11.8 Å². The molecular weight excluding hydrogens is 376 g/mol. The molecule has 154 valence electrons. The Morgan fingerprint density at radius 2 is 1.50 bits per heavy atom. The van der Waals surface area contributed by atoms with E-state index in [9.17, 15) is 9.59 Å². The van der Waals surface area contributed by atoms with Crippen LogP contribution in [0.4, 0.5) is 5.69 Å². The van der Waals surface area contributed by atoms with Crippen LogP contribution in [-0.4, -0.2) is 54.0 Å². The number of nitrogens with one attached hydrogen (secondary N) is 1. The van der Waals surface area contributed by atoms with E-state index >= 15 is 0 Å². The minimum absolute atomic E-state index is 0.0871. The first kappa shape index (κ1) is 19.8. The summed E-state index contributed by atoms with van der Waals surface area (Å²) in [5.74, 6) is -0.0743. The van der Waals surface area contributed by atoms with Gasteiger partial charge in [0.1, 0.15) is 0 Å². The van der Waals surface area contributed by atoms with Crippen LogP contribution < -0.4 is 10.2 Å². The molecule has 1 aliphatic rings. The van der Waals surface area contributed by atoms with Crippen molar-refractivity contribution in [2.45, 2.75) is 6.42 Å². The maximum Gasteiger partial charge on any atom is 0.251 e. The van der Waals surface area contributed by atoms with Crippen LogP contribution in [0.3, 0.4) is 0 Å². The molecule has 0 radical (unpaired) electrons. The summed E-state index contributed by atoms with van der Waals surface area (Å²) in [6, 6.07) is 21.6. The molecule has 0 bridgehead atoms. The fraction of sp³-hybridized carbons (Fsp3) is 0.250. The van der Waals surface area contributed by atoms with Crippen LogP contribution in [0.25, 0.3) is 5.69 Å². The van der Waals surface area contributed by atoms with Gasteiger partial charge in [-0.3, -0.25) is 9.59 Å². The number of rotatable bonds is 6. The first-order chi connectivity index (χ1) is 14.7. The van der Waals surface area contributed by atoms with Crippen LogP contribution >= 0.6 is 0 Å². The Morgan fingerprint density at radius 1 is 0.800 bits per heavy atom. The number of para-hydroxylation sites is 1. The number of hydrogen-bond acceptors (Lipinski definition) is 3. The fourth-order valence-corrected chi connectivity index (χ4v) is 3.71. The molecular formula is C24H26N4O2. The number of amides is 2. The van der Waals surface area contributed by atoms with E-state index in [1.807, 2.05) is 70.4 Å². The Kier molecular flexibility index (Phi) is 6.13. The van der Waals surface area contributed by atoms with Crippen molar-refractivity contribution in [1.29, 1.82) is 0 Å². The molecule has 0 unspecified atom stereocenters. The van der Waals surface area contributed by atoms with E-state index in [0.29, 0.717) is 31.6 Å². The smallest absolute Gasteiger partial charge is 0.251 e. The predicted molar refractivity (Wildman–Crippen MR) is 118 cm³/mol. The number of carbonyl (C=O) groups is 2. The quantitative estimate of drug-likeness (QED) is 0.690. The van der Waals surface area contributed by atoms with E-state index < -0.39 is 0 Å². The van der Waals surface area contributed by atoms with E-state index in [4.69, 9.17) is 0 Å². The Hall–Kier alpha value is -3.54. The lowest BCUT2D eigenvalue weighted by atomic mass is 10.2. The van der Waals surface area contributed by atoms with Crippen molar-refractivity contribution in [1.82, 2.24) is 14.8 Å². The van der Waals surface area contributed by atoms with Gasteiger partial charge in [-0.25, -0.2) is 0 Å². The molecule has 1 N–H and O–H groups in total. The number of hydrogen-bond donors (Lipinski definition) is 1. The van der Waals surface area contributed by atoms with Gasteiger partial charge in [0.05, 0.1) is 0 Å². The molecule has 0 aliphatic carbocycles. The van der Waals surface area contributed by atoms with E-state index in [1.165, 1.54) is 5.69 Å². The van der Waals surface area contributed by atoms with Crippen LogP contribution in [0, 0.1) is 0 Å². The van der Waals surface area contributed by atoms with Crippen LogP contribution in [0.1, 0.15) is 16.8 Å². The second-order valence-corrected chi connectivity index (χ2v) is 7.35. The highest BCUT2D eigenvalue weighted by Gasteiger charge is 2.21. The molecule has 6 heteroatoms. The molecule has 1 aliphatic heterocycles. The van der Waals surface area contributed by atoms with Crippen molar-refractivity contribution in [3.05, 3.63) is 84.7 Å². The predicted octanol–water partition coefficient (Wildman–Crippen LogP) is 2.95. The van der Waals surface area contributed by atoms with Crippen molar-refractivity contribution >= 4 is 17.5 Å². The summed E-state index contributed by atoms with van der Waals surface area (Å²) in [5, 5.41) is 2.87. The van der Waals surface area contributed by atoms with Crippen molar-refractivity contribution in [2.75, 3.05) is 37.6 Å². The lowest BCUT2D eigenvalue weighted by molar-refractivity contribution is -0.131. The highest BCUT2D eigenvalue weighted by Crippen LogP contribution is 2.16. The summed E-state index contributed by atoms with van der Waals surface area (Å²) in [7, 11) is 0. The first-order valence-corrected chi connectivity index (χ1v) is 10.3. The van der Waals surface area contributed by atoms with Crippen molar-refractivity contribution in [2.24, 2.45) is 0 Å². The van der Waals surface area contributed by atoms with Gasteiger partial charge in [-0.2, -0.15) is 0 Å². The topological polar surface area (TPSA) is 57.6 Å². The number of anilines is 1. The summed E-state index contributed by atoms with van der Waals surface area (Å²) in [6.07, 6.45) is 4.19. The van der Waals surface area contributed by atoms with Gasteiger partial charge in [-0.1, -0.05) is 24.3 Å². The lowest BCUT2D eigenvalue weighted by Gasteiger charge is -2.36. The maximum absolute atomic E-state index is 12.5. The number of nitrogens with zero attached hydrogens (tertiary/aromatic N) is 3. The van der Waals surface area contributed by atoms with Gasteiger partial charge in [-0.15, -0.1) is 0 Å². The zero-order valence-corrected chi connectivity index (χ0v) is 16.9. The molecule has 0 spiro atoms. The zero-order valence-electron chi connectivity index (χ0n) is 16.9. The highest BCUT2D eigenvalue weighted by molar-refractivity contribution is 5.95. The molecule has 1 fully saturated rings. The van der Waals surface area contributed by atoms with Gasteiger partial charge >= 0.3 is 0 Å². The molecule has 0 saturated carbocycles. The molecule has 3 aromatic rings. The molecule has 2 heterocycles. The van der Waals surface area contributed by atoms with Crippen molar-refractivity contribution in [3.8, 4) is 5.69 Å². The second kappa shape index (κ2) is 9.31. The molecule has 2 aromatic carbocycles. The largest absolute Gasteiger partial charge is 0.368 e. The summed E-state index contributed by atoms with van der Waals surface area (Å²) in [4.78, 5) is 29.2. The Labute approximate surface area is 176 Å². The molecule has 2 amide bonds. The number of piperazine rings is 1. The van der Waals surface area contributed by atoms with Crippen LogP contribution in [0.15, 0.2) is 79.1 Å². The summed E-state index contributed by atoms with van der Waals surface area (Å²) in [5.41, 5.74) is 2.71. The number of carbonyl (C=O) groups excluding carboxylic acids is 2. The Bertz CT molecular complexity index is 977. The Morgan fingerprint density at radius 3 is 2.23 bits per heavy atom. The number of benzene rings is 2. The van der Waals surface area contributed by atoms with E-state index in [1.54, 1.807) is 6.07 Å². The summed E-state index contributed by atoms with van der Waals surface area (Å²) in [6.45, 7) is 3.41. The third-order valence-corrected chi connectivity index (χ3v) is 5.39. The molecule has 30 heavy (non-hydrogen) atoms. The molecule has 6 nitrogen and oxygen atoms in total. The van der Waals surface area contributed by atoms with Gasteiger partial charge in [0.25, 0.3) is 5.91 Å². The lowest BCUT2D eigenvalue weighted by Crippen LogP contribution is -2.49. The highest BCUT2D eigenvalue weighted by atomic mass is 16.2. The molecule has 0 atom stereocenters. The van der Waals surface area contributed by atoms with Crippen molar-refractivity contribution in [3.63, 3.8) is 0 Å². The SMILES string of the molecule is O=C(NCCC(=O)N1CCN(c2ccccc2)CC1)c1cccc(-n2cccc2)c1.